The minimum atomic E-state index is -0.121. The van der Waals surface area contributed by atoms with Crippen LogP contribution in [0.2, 0.25) is 0 Å². The first-order valence-corrected chi connectivity index (χ1v) is 6.68. The minimum Gasteiger partial charge on any atom is -0.300 e. The van der Waals surface area contributed by atoms with E-state index >= 15 is 0 Å². The number of nitrogens with zero attached hydrogens (tertiary/aromatic N) is 4. The Balaban J connectivity index is 2.61. The van der Waals surface area contributed by atoms with Crippen LogP contribution in [0.5, 0.6) is 0 Å². The molecule has 1 unspecified atom stereocenters. The Morgan fingerprint density at radius 1 is 1.33 bits per heavy atom. The molecule has 18 heavy (non-hydrogen) atoms. The molecule has 5 nitrogen and oxygen atoms in total. The lowest BCUT2D eigenvalue weighted by Crippen LogP contribution is -2.34. The summed E-state index contributed by atoms with van der Waals surface area (Å²) in [6, 6.07) is 2.49. The smallest absolute Gasteiger partial charge is 0.150 e. The van der Waals surface area contributed by atoms with Gasteiger partial charge in [-0.1, -0.05) is 13.8 Å². The Labute approximate surface area is 109 Å². The Hall–Kier alpha value is -1.41. The van der Waals surface area contributed by atoms with Crippen LogP contribution >= 0.6 is 0 Å². The van der Waals surface area contributed by atoms with E-state index in [1.165, 1.54) is 0 Å². The molecule has 0 saturated heterocycles. The lowest BCUT2D eigenvalue weighted by molar-refractivity contribution is 0.453. The zero-order valence-electron chi connectivity index (χ0n) is 11.8. The molecule has 0 aromatic carbocycles. The lowest BCUT2D eigenvalue weighted by atomic mass is 10.2. The number of aromatic nitrogens is 3. The first kappa shape index (κ1) is 14.7. The van der Waals surface area contributed by atoms with Crippen LogP contribution in [0, 0.1) is 11.3 Å². The predicted octanol–water partition coefficient (Wildman–Crippen LogP) is 1.68. The topological polar surface area (TPSA) is 66.5 Å². The highest BCUT2D eigenvalue weighted by molar-refractivity contribution is 4.95. The van der Waals surface area contributed by atoms with Gasteiger partial charge in [-0.3, -0.25) is 5.32 Å². The van der Waals surface area contributed by atoms with Gasteiger partial charge in [0.15, 0.2) is 5.82 Å². The number of hydrogen-bond acceptors (Lipinski definition) is 4. The largest absolute Gasteiger partial charge is 0.300 e. The molecule has 1 atom stereocenters. The molecule has 0 aliphatic rings. The second-order valence-electron chi connectivity index (χ2n) is 4.67. The maximum atomic E-state index is 9.07. The van der Waals surface area contributed by atoms with Crippen molar-refractivity contribution in [3.8, 4) is 6.07 Å². The minimum absolute atomic E-state index is 0.121. The number of hydrogen-bond donors (Lipinski definition) is 1. The fourth-order valence-electron chi connectivity index (χ4n) is 1.86. The SMILES string of the molecule is CCc1nc(CC)n(CCC(C#N)NC(C)C)n1. The van der Waals surface area contributed by atoms with Crippen molar-refractivity contribution in [2.24, 2.45) is 0 Å². The van der Waals surface area contributed by atoms with E-state index in [1.807, 2.05) is 18.5 Å². The third-order valence-corrected chi connectivity index (χ3v) is 2.74. The molecule has 1 aromatic heterocycles. The Kier molecular flexibility index (Phi) is 5.79. The van der Waals surface area contributed by atoms with Crippen LogP contribution in [-0.2, 0) is 19.4 Å². The van der Waals surface area contributed by atoms with Crippen LogP contribution in [0.4, 0.5) is 0 Å². The van der Waals surface area contributed by atoms with Crippen molar-refractivity contribution in [3.05, 3.63) is 11.6 Å². The van der Waals surface area contributed by atoms with Gasteiger partial charge in [0, 0.05) is 25.4 Å². The first-order chi connectivity index (χ1) is 8.60. The van der Waals surface area contributed by atoms with Crippen molar-refractivity contribution in [2.45, 2.75) is 65.6 Å². The zero-order valence-corrected chi connectivity index (χ0v) is 11.8. The van der Waals surface area contributed by atoms with Crippen molar-refractivity contribution < 1.29 is 0 Å². The van der Waals surface area contributed by atoms with E-state index in [1.54, 1.807) is 0 Å². The summed E-state index contributed by atoms with van der Waals surface area (Å²) >= 11 is 0. The van der Waals surface area contributed by atoms with Crippen molar-refractivity contribution in [1.29, 1.82) is 5.26 Å². The summed E-state index contributed by atoms with van der Waals surface area (Å²) in [5, 5.41) is 16.8. The van der Waals surface area contributed by atoms with E-state index in [0.29, 0.717) is 6.04 Å². The van der Waals surface area contributed by atoms with Gasteiger partial charge in [-0.05, 0) is 20.3 Å². The van der Waals surface area contributed by atoms with Crippen molar-refractivity contribution in [3.63, 3.8) is 0 Å². The van der Waals surface area contributed by atoms with Crippen molar-refractivity contribution in [1.82, 2.24) is 20.1 Å². The van der Waals surface area contributed by atoms with E-state index < -0.39 is 0 Å². The summed E-state index contributed by atoms with van der Waals surface area (Å²) in [4.78, 5) is 4.46. The molecule has 0 fully saturated rings. The number of nitrogens with one attached hydrogen (secondary N) is 1. The fraction of sp³-hybridized carbons (Fsp3) is 0.769. The molecule has 0 spiro atoms. The van der Waals surface area contributed by atoms with Gasteiger partial charge in [0.1, 0.15) is 5.82 Å². The second kappa shape index (κ2) is 7.12. The van der Waals surface area contributed by atoms with E-state index in [-0.39, 0.29) is 6.04 Å². The van der Waals surface area contributed by atoms with Crippen LogP contribution in [0.3, 0.4) is 0 Å². The molecular weight excluding hydrogens is 226 g/mol. The van der Waals surface area contributed by atoms with Gasteiger partial charge in [-0.15, -0.1) is 0 Å². The predicted molar refractivity (Wildman–Crippen MR) is 71.1 cm³/mol. The van der Waals surface area contributed by atoms with Crippen molar-refractivity contribution in [2.75, 3.05) is 0 Å². The van der Waals surface area contributed by atoms with Gasteiger partial charge in [-0.25, -0.2) is 9.67 Å². The average Bonchev–Trinajstić information content (AvgIpc) is 2.76. The average molecular weight is 249 g/mol. The molecule has 0 aliphatic heterocycles. The summed E-state index contributed by atoms with van der Waals surface area (Å²) < 4.78 is 1.94. The van der Waals surface area contributed by atoms with Crippen LogP contribution in [0.15, 0.2) is 0 Å². The van der Waals surface area contributed by atoms with E-state index in [2.05, 4.69) is 35.3 Å². The Bertz CT molecular complexity index is 402. The van der Waals surface area contributed by atoms with Gasteiger partial charge >= 0.3 is 0 Å². The van der Waals surface area contributed by atoms with Crippen LogP contribution < -0.4 is 5.32 Å². The maximum absolute atomic E-state index is 9.07. The molecule has 0 saturated carbocycles. The third kappa shape index (κ3) is 4.11. The summed E-state index contributed by atoms with van der Waals surface area (Å²) in [7, 11) is 0. The molecule has 100 valence electrons. The molecule has 5 heteroatoms. The second-order valence-corrected chi connectivity index (χ2v) is 4.67. The molecular formula is C13H23N5. The third-order valence-electron chi connectivity index (χ3n) is 2.74. The molecule has 0 amide bonds. The monoisotopic (exact) mass is 249 g/mol. The van der Waals surface area contributed by atoms with Crippen molar-refractivity contribution >= 4 is 0 Å². The zero-order chi connectivity index (χ0) is 13.5. The van der Waals surface area contributed by atoms with Gasteiger partial charge < -0.3 is 0 Å². The lowest BCUT2D eigenvalue weighted by Gasteiger charge is -2.14. The van der Waals surface area contributed by atoms with Crippen LogP contribution in [-0.4, -0.2) is 26.8 Å². The van der Waals surface area contributed by atoms with E-state index in [0.717, 1.165) is 37.5 Å². The first-order valence-electron chi connectivity index (χ1n) is 6.68. The molecule has 0 aliphatic carbocycles. The fourth-order valence-corrected chi connectivity index (χ4v) is 1.86. The van der Waals surface area contributed by atoms with Gasteiger partial charge in [0.05, 0.1) is 12.1 Å². The number of aryl methyl sites for hydroxylation is 3. The Morgan fingerprint density at radius 2 is 2.06 bits per heavy atom. The molecule has 1 aromatic rings. The molecule has 1 heterocycles. The normalized spacial score (nSPS) is 12.7. The number of nitriles is 1. The summed E-state index contributed by atoms with van der Waals surface area (Å²) in [6.45, 7) is 8.97. The maximum Gasteiger partial charge on any atom is 0.150 e. The van der Waals surface area contributed by atoms with E-state index in [4.69, 9.17) is 5.26 Å². The summed E-state index contributed by atoms with van der Waals surface area (Å²) in [5.74, 6) is 1.89. The van der Waals surface area contributed by atoms with Gasteiger partial charge in [-0.2, -0.15) is 10.4 Å². The van der Waals surface area contributed by atoms with Gasteiger partial charge in [0.2, 0.25) is 0 Å². The summed E-state index contributed by atoms with van der Waals surface area (Å²) in [6.07, 6.45) is 2.49. The highest BCUT2D eigenvalue weighted by Gasteiger charge is 2.11. The van der Waals surface area contributed by atoms with Gasteiger partial charge in [0.25, 0.3) is 0 Å². The molecule has 0 radical (unpaired) electrons. The van der Waals surface area contributed by atoms with Crippen LogP contribution in [0.1, 0.15) is 45.8 Å². The molecule has 0 bridgehead atoms. The number of rotatable bonds is 7. The highest BCUT2D eigenvalue weighted by Crippen LogP contribution is 2.04. The highest BCUT2D eigenvalue weighted by atomic mass is 15.3. The molecule has 1 rings (SSSR count). The Morgan fingerprint density at radius 3 is 2.56 bits per heavy atom. The van der Waals surface area contributed by atoms with E-state index in [9.17, 15) is 0 Å². The van der Waals surface area contributed by atoms with Crippen LogP contribution in [0.25, 0.3) is 0 Å². The summed E-state index contributed by atoms with van der Waals surface area (Å²) in [5.41, 5.74) is 0. The quantitative estimate of drug-likeness (QED) is 0.798. The molecule has 1 N–H and O–H groups in total. The standard InChI is InChI=1S/C13H23N5/c1-5-12-16-13(6-2)18(17-12)8-7-11(9-14)15-10(3)4/h10-11,15H,5-8H2,1-4H3.